The highest BCUT2D eigenvalue weighted by molar-refractivity contribution is 7.89. The summed E-state index contributed by atoms with van der Waals surface area (Å²) in [5, 5.41) is 7.59. The zero-order valence-corrected chi connectivity index (χ0v) is 17.0. The summed E-state index contributed by atoms with van der Waals surface area (Å²) in [6.45, 7) is -3.14. The van der Waals surface area contributed by atoms with Gasteiger partial charge in [0.05, 0.1) is 4.90 Å². The fraction of sp³-hybridized carbons (Fsp3) is 0.200. The van der Waals surface area contributed by atoms with E-state index in [2.05, 4.69) is 10.1 Å². The lowest BCUT2D eigenvalue weighted by Crippen LogP contribution is -2.30. The number of ether oxygens (including phenoxy) is 2. The molecule has 0 saturated heterocycles. The molecule has 31 heavy (non-hydrogen) atoms. The van der Waals surface area contributed by atoms with Crippen molar-refractivity contribution in [2.24, 2.45) is 5.14 Å². The molecule has 0 bridgehead atoms. The van der Waals surface area contributed by atoms with E-state index in [9.17, 15) is 26.8 Å². The Labute approximate surface area is 177 Å². The third-order valence-electron chi connectivity index (χ3n) is 3.85. The van der Waals surface area contributed by atoms with Gasteiger partial charge >= 0.3 is 12.6 Å². The number of carbonyl (C=O) groups excluding carboxylic acids is 2. The summed E-state index contributed by atoms with van der Waals surface area (Å²) in [6.07, 6.45) is 2.94. The summed E-state index contributed by atoms with van der Waals surface area (Å²) in [5.74, 6) is -1.26. The Balaban J connectivity index is 1.69. The number of nitrogens with two attached hydrogens (primary N) is 1. The number of benzene rings is 2. The quantitative estimate of drug-likeness (QED) is 0.417. The van der Waals surface area contributed by atoms with Crippen molar-refractivity contribution < 1.29 is 36.3 Å². The Morgan fingerprint density at radius 1 is 1.06 bits per heavy atom. The van der Waals surface area contributed by atoms with Crippen molar-refractivity contribution in [3.05, 3.63) is 65.7 Å². The van der Waals surface area contributed by atoms with Crippen molar-refractivity contribution in [1.29, 1.82) is 0 Å². The van der Waals surface area contributed by atoms with E-state index in [4.69, 9.17) is 9.88 Å². The van der Waals surface area contributed by atoms with Gasteiger partial charge < -0.3 is 14.8 Å². The molecule has 0 atom stereocenters. The van der Waals surface area contributed by atoms with Crippen molar-refractivity contribution in [3.63, 3.8) is 0 Å². The van der Waals surface area contributed by atoms with Gasteiger partial charge in [-0.2, -0.15) is 8.78 Å². The van der Waals surface area contributed by atoms with Gasteiger partial charge in [-0.25, -0.2) is 18.4 Å². The van der Waals surface area contributed by atoms with E-state index in [1.165, 1.54) is 42.5 Å². The number of alkyl halides is 2. The molecule has 0 heterocycles. The highest BCUT2D eigenvalue weighted by atomic mass is 32.2. The molecule has 1 amide bonds. The molecule has 0 aromatic heterocycles. The van der Waals surface area contributed by atoms with Crippen molar-refractivity contribution in [2.75, 3.05) is 13.2 Å². The second-order valence-electron chi connectivity index (χ2n) is 6.18. The highest BCUT2D eigenvalue weighted by Gasteiger charge is 2.08. The van der Waals surface area contributed by atoms with Gasteiger partial charge in [-0.05, 0) is 47.9 Å². The van der Waals surface area contributed by atoms with Gasteiger partial charge in [0.1, 0.15) is 5.75 Å². The zero-order valence-electron chi connectivity index (χ0n) is 16.2. The summed E-state index contributed by atoms with van der Waals surface area (Å²) in [5.41, 5.74) is 1.34. The standard InChI is InChI=1S/C20H20F2N2O6S/c21-20(22)30-16-6-1-14(2-7-16)5-10-19(26)29-13-18(25)24-12-11-15-3-8-17(9-4-15)31(23,27)28/h1-10,20H,11-13H2,(H,24,25)(H2,23,27,28). The average Bonchev–Trinajstić information content (AvgIpc) is 2.71. The number of amides is 1. The average molecular weight is 454 g/mol. The summed E-state index contributed by atoms with van der Waals surface area (Å²) < 4.78 is 55.6. The normalized spacial score (nSPS) is 11.5. The van der Waals surface area contributed by atoms with E-state index in [-0.39, 0.29) is 17.2 Å². The van der Waals surface area contributed by atoms with Crippen molar-refractivity contribution in [2.45, 2.75) is 17.9 Å². The summed E-state index contributed by atoms with van der Waals surface area (Å²) in [6, 6.07) is 11.5. The van der Waals surface area contributed by atoms with E-state index >= 15 is 0 Å². The zero-order chi connectivity index (χ0) is 22.9. The molecule has 0 radical (unpaired) electrons. The topological polar surface area (TPSA) is 125 Å². The largest absolute Gasteiger partial charge is 0.452 e. The molecule has 8 nitrogen and oxygen atoms in total. The maximum Gasteiger partial charge on any atom is 0.387 e. The van der Waals surface area contributed by atoms with Crippen LogP contribution in [0.4, 0.5) is 8.78 Å². The van der Waals surface area contributed by atoms with Gasteiger partial charge in [0.2, 0.25) is 10.0 Å². The maximum atomic E-state index is 12.1. The van der Waals surface area contributed by atoms with Crippen LogP contribution >= 0.6 is 0 Å². The first kappa shape index (κ1) is 24.0. The third kappa shape index (κ3) is 8.93. The smallest absolute Gasteiger partial charge is 0.387 e. The minimum absolute atomic E-state index is 0.00214. The first-order valence-corrected chi connectivity index (χ1v) is 10.5. The van der Waals surface area contributed by atoms with Crippen LogP contribution in [0.5, 0.6) is 5.75 Å². The molecule has 2 rings (SSSR count). The minimum Gasteiger partial charge on any atom is -0.452 e. The number of halogens is 2. The third-order valence-corrected chi connectivity index (χ3v) is 4.78. The Bertz CT molecular complexity index is 1020. The molecule has 11 heteroatoms. The minimum atomic E-state index is -3.75. The van der Waals surface area contributed by atoms with Crippen LogP contribution in [0.1, 0.15) is 11.1 Å². The number of rotatable bonds is 10. The number of hydrogen-bond donors (Lipinski definition) is 2. The number of hydrogen-bond acceptors (Lipinski definition) is 6. The molecule has 3 N–H and O–H groups in total. The Kier molecular flexibility index (Phi) is 8.64. The highest BCUT2D eigenvalue weighted by Crippen LogP contribution is 2.15. The van der Waals surface area contributed by atoms with Crippen molar-refractivity contribution >= 4 is 28.0 Å². The van der Waals surface area contributed by atoms with Crippen molar-refractivity contribution in [1.82, 2.24) is 5.32 Å². The van der Waals surface area contributed by atoms with Crippen LogP contribution in [0.3, 0.4) is 0 Å². The van der Waals surface area contributed by atoms with Crippen LogP contribution in [-0.4, -0.2) is 40.1 Å². The summed E-state index contributed by atoms with van der Waals surface area (Å²) in [4.78, 5) is 23.4. The fourth-order valence-corrected chi connectivity index (χ4v) is 2.87. The molecule has 0 saturated carbocycles. The van der Waals surface area contributed by atoms with Gasteiger partial charge in [-0.3, -0.25) is 4.79 Å². The van der Waals surface area contributed by atoms with Gasteiger partial charge in [0.15, 0.2) is 6.61 Å². The Hall–Kier alpha value is -3.31. The molecule has 2 aromatic carbocycles. The molecular formula is C20H20F2N2O6S. The lowest BCUT2D eigenvalue weighted by molar-refractivity contribution is -0.143. The van der Waals surface area contributed by atoms with E-state index in [1.807, 2.05) is 0 Å². The van der Waals surface area contributed by atoms with Gasteiger partial charge in [0, 0.05) is 12.6 Å². The van der Waals surface area contributed by atoms with Crippen LogP contribution in [0.15, 0.2) is 59.5 Å². The van der Waals surface area contributed by atoms with Crippen LogP contribution in [0, 0.1) is 0 Å². The van der Waals surface area contributed by atoms with E-state index in [0.29, 0.717) is 12.0 Å². The van der Waals surface area contributed by atoms with Crippen LogP contribution < -0.4 is 15.2 Å². The van der Waals surface area contributed by atoms with Gasteiger partial charge in [-0.15, -0.1) is 0 Å². The van der Waals surface area contributed by atoms with Crippen LogP contribution in [0.25, 0.3) is 6.08 Å². The second kappa shape index (κ2) is 11.2. The lowest BCUT2D eigenvalue weighted by atomic mass is 10.1. The van der Waals surface area contributed by atoms with Gasteiger partial charge in [-0.1, -0.05) is 24.3 Å². The fourth-order valence-electron chi connectivity index (χ4n) is 2.35. The monoisotopic (exact) mass is 454 g/mol. The molecule has 2 aromatic rings. The predicted molar refractivity (Wildman–Crippen MR) is 108 cm³/mol. The van der Waals surface area contributed by atoms with E-state index in [1.54, 1.807) is 12.1 Å². The number of carbonyl (C=O) groups is 2. The molecule has 0 unspecified atom stereocenters. The first-order chi connectivity index (χ1) is 14.6. The van der Waals surface area contributed by atoms with E-state index < -0.39 is 35.1 Å². The summed E-state index contributed by atoms with van der Waals surface area (Å²) >= 11 is 0. The van der Waals surface area contributed by atoms with Gasteiger partial charge in [0.25, 0.3) is 5.91 Å². The van der Waals surface area contributed by atoms with Crippen LogP contribution in [-0.2, 0) is 30.8 Å². The number of sulfonamides is 1. The SMILES string of the molecule is NS(=O)(=O)c1ccc(CCNC(=O)COC(=O)C=Cc2ccc(OC(F)F)cc2)cc1. The van der Waals surface area contributed by atoms with E-state index in [0.717, 1.165) is 11.6 Å². The number of primary sulfonamides is 1. The Morgan fingerprint density at radius 2 is 1.71 bits per heavy atom. The lowest BCUT2D eigenvalue weighted by Gasteiger charge is -2.06. The number of nitrogens with one attached hydrogen (secondary N) is 1. The predicted octanol–water partition coefficient (Wildman–Crippen LogP) is 1.85. The molecular weight excluding hydrogens is 434 g/mol. The first-order valence-electron chi connectivity index (χ1n) is 8.91. The summed E-state index contributed by atoms with van der Waals surface area (Å²) in [7, 11) is -3.75. The molecule has 0 fully saturated rings. The van der Waals surface area contributed by atoms with Crippen molar-refractivity contribution in [3.8, 4) is 5.75 Å². The second-order valence-corrected chi connectivity index (χ2v) is 7.74. The van der Waals surface area contributed by atoms with Crippen LogP contribution in [0.2, 0.25) is 0 Å². The molecule has 0 aliphatic rings. The molecule has 0 aliphatic carbocycles. The Morgan fingerprint density at radius 3 is 2.29 bits per heavy atom. The molecule has 0 spiro atoms. The molecule has 0 aliphatic heterocycles. The molecule has 166 valence electrons. The number of esters is 1. The maximum absolute atomic E-state index is 12.1.